The summed E-state index contributed by atoms with van der Waals surface area (Å²) in [4.78, 5) is 37.7. The number of thiazole rings is 1. The number of Topliss-reactive ketones (excluding diaryl/α,β-unsaturated/α-hetero) is 1. The zero-order valence-corrected chi connectivity index (χ0v) is 22.1. The van der Waals surface area contributed by atoms with Gasteiger partial charge in [-0.1, -0.05) is 30.2 Å². The van der Waals surface area contributed by atoms with E-state index in [-0.39, 0.29) is 37.4 Å². The minimum Gasteiger partial charge on any atom is -0.305 e. The molecular weight excluding hydrogens is 540 g/mol. The van der Waals surface area contributed by atoms with Crippen molar-refractivity contribution in [1.29, 1.82) is 0 Å². The number of ketones is 1. The van der Waals surface area contributed by atoms with Crippen LogP contribution in [0, 0.1) is 5.92 Å². The largest absolute Gasteiger partial charge is 0.325 e. The predicted molar refractivity (Wildman–Crippen MR) is 137 cm³/mol. The van der Waals surface area contributed by atoms with Gasteiger partial charge in [-0.15, -0.1) is 0 Å². The third-order valence-corrected chi connectivity index (χ3v) is 9.50. The summed E-state index contributed by atoms with van der Waals surface area (Å²) in [7, 11) is -7.81. The second-order valence-electron chi connectivity index (χ2n) is 8.36. The zero-order chi connectivity index (χ0) is 26.6. The third kappa shape index (κ3) is 6.54. The monoisotopic (exact) mass is 564 g/mol. The lowest BCUT2D eigenvalue weighted by Gasteiger charge is -2.13. The number of nitrogens with one attached hydrogen (secondary N) is 3. The number of hydrogen-bond donors (Lipinski definition) is 3. The topological polar surface area (TPSA) is 177 Å². The molecule has 1 fully saturated rings. The van der Waals surface area contributed by atoms with E-state index in [4.69, 9.17) is 0 Å². The number of amides is 2. The van der Waals surface area contributed by atoms with Crippen molar-refractivity contribution in [2.75, 3.05) is 16.9 Å². The van der Waals surface area contributed by atoms with E-state index in [1.807, 2.05) is 0 Å². The Morgan fingerprint density at radius 2 is 1.81 bits per heavy atom. The number of nitrogens with zero attached hydrogens (tertiary/aromatic N) is 3. The van der Waals surface area contributed by atoms with E-state index in [1.165, 1.54) is 30.7 Å². The van der Waals surface area contributed by atoms with E-state index in [1.54, 1.807) is 12.1 Å². The average molecular weight is 565 g/mol. The summed E-state index contributed by atoms with van der Waals surface area (Å²) in [6, 6.07) is 5.13. The maximum atomic E-state index is 13.2. The van der Waals surface area contributed by atoms with Crippen LogP contribution in [0.25, 0.3) is 0 Å². The second-order valence-corrected chi connectivity index (χ2v) is 13.3. The van der Waals surface area contributed by atoms with E-state index < -0.39 is 32.4 Å². The Hall–Kier alpha value is -3.27. The van der Waals surface area contributed by atoms with Gasteiger partial charge in [-0.25, -0.2) is 36.3 Å². The van der Waals surface area contributed by atoms with Gasteiger partial charge < -0.3 is 5.32 Å². The van der Waals surface area contributed by atoms with Gasteiger partial charge in [0.25, 0.3) is 0 Å². The van der Waals surface area contributed by atoms with E-state index in [0.29, 0.717) is 16.9 Å². The van der Waals surface area contributed by atoms with Crippen molar-refractivity contribution in [3.8, 4) is 0 Å². The maximum Gasteiger partial charge on any atom is 0.325 e. The second kappa shape index (κ2) is 11.0. The van der Waals surface area contributed by atoms with Crippen LogP contribution < -0.4 is 15.4 Å². The Kier molecular flexibility index (Phi) is 7.96. The summed E-state index contributed by atoms with van der Waals surface area (Å²) in [5.74, 6) is -0.170. The highest BCUT2D eigenvalue weighted by Crippen LogP contribution is 2.33. The molecule has 3 heterocycles. The molecule has 12 nitrogen and oxygen atoms in total. The van der Waals surface area contributed by atoms with Crippen LogP contribution in [0.5, 0.6) is 0 Å². The maximum absolute atomic E-state index is 13.2. The number of sulfone groups is 1. The molecule has 3 N–H and O–H groups in total. The Bertz CT molecular complexity index is 1520. The Balaban J connectivity index is 1.58. The third-order valence-electron chi connectivity index (χ3n) is 5.60. The van der Waals surface area contributed by atoms with Crippen LogP contribution in [0.3, 0.4) is 0 Å². The van der Waals surface area contributed by atoms with Gasteiger partial charge >= 0.3 is 6.03 Å². The van der Waals surface area contributed by atoms with Gasteiger partial charge in [0, 0.05) is 23.9 Å². The smallest absolute Gasteiger partial charge is 0.305 e. The summed E-state index contributed by atoms with van der Waals surface area (Å²) in [6.45, 7) is -0.414. The lowest BCUT2D eigenvalue weighted by Crippen LogP contribution is -2.23. The summed E-state index contributed by atoms with van der Waals surface area (Å²) >= 11 is 0.653. The summed E-state index contributed by atoms with van der Waals surface area (Å²) in [6.07, 6.45) is 8.63. The molecule has 3 aromatic heterocycles. The Morgan fingerprint density at radius 3 is 2.49 bits per heavy atom. The lowest BCUT2D eigenvalue weighted by molar-refractivity contribution is 0.0923. The van der Waals surface area contributed by atoms with Gasteiger partial charge in [-0.2, -0.15) is 0 Å². The van der Waals surface area contributed by atoms with Gasteiger partial charge in [0.05, 0.1) is 30.4 Å². The predicted octanol–water partition coefficient (Wildman–Crippen LogP) is 2.83. The number of aromatic nitrogens is 3. The number of anilines is 2. The van der Waals surface area contributed by atoms with Crippen LogP contribution in [-0.4, -0.2) is 49.9 Å². The molecule has 1 saturated carbocycles. The van der Waals surface area contributed by atoms with Gasteiger partial charge in [0.15, 0.2) is 20.1 Å². The molecule has 2 amide bonds. The van der Waals surface area contributed by atoms with Crippen LogP contribution in [0.4, 0.5) is 15.6 Å². The zero-order valence-electron chi connectivity index (χ0n) is 19.7. The van der Waals surface area contributed by atoms with Gasteiger partial charge in [-0.05, 0) is 31.0 Å². The van der Waals surface area contributed by atoms with Crippen LogP contribution in [0.15, 0.2) is 52.1 Å². The summed E-state index contributed by atoms with van der Waals surface area (Å²) in [5, 5.41) is 4.70. The quantitative estimate of drug-likeness (QED) is 0.330. The first kappa shape index (κ1) is 26.8. The fourth-order valence-electron chi connectivity index (χ4n) is 3.88. The summed E-state index contributed by atoms with van der Waals surface area (Å²) in [5.41, 5.74) is 0.455. The molecule has 1 aliphatic carbocycles. The van der Waals surface area contributed by atoms with Crippen LogP contribution >= 0.6 is 11.3 Å². The number of urea groups is 1. The molecule has 15 heteroatoms. The number of sulfonamides is 1. The number of carbonyl (C=O) groups is 2. The van der Waals surface area contributed by atoms with Crippen LogP contribution in [0.2, 0.25) is 0 Å². The first-order valence-corrected chi connectivity index (χ1v) is 15.4. The molecule has 0 radical (unpaired) electrons. The highest BCUT2D eigenvalue weighted by Gasteiger charge is 2.29. The first-order valence-electron chi connectivity index (χ1n) is 11.2. The van der Waals surface area contributed by atoms with Crippen molar-refractivity contribution in [1.82, 2.24) is 19.7 Å². The average Bonchev–Trinajstić information content (AvgIpc) is 3.53. The minimum absolute atomic E-state index is 0.0673. The fourth-order valence-corrected chi connectivity index (χ4v) is 7.00. The molecule has 0 unspecified atom stereocenters. The number of carbonyl (C=O) groups excluding carboxylic acids is 2. The Labute approximate surface area is 217 Å². The minimum atomic E-state index is -4.15. The van der Waals surface area contributed by atoms with E-state index >= 15 is 0 Å². The standard InChI is InChI=1S/C22H24N6O6S3/c1-36(31,32)25-13-17-20(37(33,34)18-8-4-5-10-24-18)35-22(27-17)28-21(30)26-16-12-23-11-9-15(16)19(29)14-6-2-3-7-14/h4-5,8-12,14,25H,2-3,6-7,13H2,1H3,(H2,26,27,28,30). The van der Waals surface area contributed by atoms with Crippen molar-refractivity contribution >= 4 is 53.8 Å². The van der Waals surface area contributed by atoms with Crippen molar-refractivity contribution in [3.63, 3.8) is 0 Å². The highest BCUT2D eigenvalue weighted by atomic mass is 32.2. The first-order chi connectivity index (χ1) is 17.5. The number of hydrogen-bond acceptors (Lipinski definition) is 10. The van der Waals surface area contributed by atoms with E-state index in [2.05, 4.69) is 30.3 Å². The molecule has 37 heavy (non-hydrogen) atoms. The molecule has 0 atom stereocenters. The van der Waals surface area contributed by atoms with Crippen LogP contribution in [0.1, 0.15) is 41.7 Å². The normalized spacial score (nSPS) is 14.4. The van der Waals surface area contributed by atoms with Gasteiger partial charge in [-0.3, -0.25) is 15.1 Å². The molecule has 3 aromatic rings. The van der Waals surface area contributed by atoms with Crippen LogP contribution in [-0.2, 0) is 26.4 Å². The van der Waals surface area contributed by atoms with E-state index in [9.17, 15) is 26.4 Å². The lowest BCUT2D eigenvalue weighted by atomic mass is 9.96. The number of rotatable bonds is 9. The molecule has 1 aliphatic rings. The van der Waals surface area contributed by atoms with Gasteiger partial charge in [0.1, 0.15) is 0 Å². The fraction of sp³-hybridized carbons (Fsp3) is 0.318. The van der Waals surface area contributed by atoms with Crippen molar-refractivity contribution in [3.05, 3.63) is 54.1 Å². The SMILES string of the molecule is CS(=O)(=O)NCc1nc(NC(=O)Nc2cnccc2C(=O)C2CCCC2)sc1S(=O)(=O)c1ccccn1. The highest BCUT2D eigenvalue weighted by molar-refractivity contribution is 7.93. The molecule has 0 spiro atoms. The van der Waals surface area contributed by atoms with Gasteiger partial charge in [0.2, 0.25) is 19.9 Å². The van der Waals surface area contributed by atoms with E-state index in [0.717, 1.165) is 31.9 Å². The molecular formula is C22H24N6O6S3. The van der Waals surface area contributed by atoms with Crippen molar-refractivity contribution < 1.29 is 26.4 Å². The summed E-state index contributed by atoms with van der Waals surface area (Å²) < 4.78 is 51.5. The van der Waals surface area contributed by atoms with Crippen molar-refractivity contribution in [2.24, 2.45) is 5.92 Å². The molecule has 0 saturated heterocycles. The Morgan fingerprint density at radius 1 is 1.05 bits per heavy atom. The molecule has 4 rings (SSSR count). The van der Waals surface area contributed by atoms with Crippen molar-refractivity contribution in [2.45, 2.75) is 41.5 Å². The molecule has 0 aromatic carbocycles. The molecule has 0 aliphatic heterocycles. The molecule has 0 bridgehead atoms. The number of pyridine rings is 2. The molecule has 196 valence electrons.